The van der Waals surface area contributed by atoms with E-state index in [9.17, 15) is 0 Å². The maximum absolute atomic E-state index is 5.85. The molecule has 0 saturated heterocycles. The highest BCUT2D eigenvalue weighted by atomic mass is 35.5. The van der Waals surface area contributed by atoms with E-state index in [4.69, 9.17) is 20.8 Å². The second-order valence-corrected chi connectivity index (χ2v) is 5.59. The molecular formula is C17H16ClN3O2. The summed E-state index contributed by atoms with van der Waals surface area (Å²) in [4.78, 5) is 0. The summed E-state index contributed by atoms with van der Waals surface area (Å²) in [7, 11) is 0. The van der Waals surface area contributed by atoms with Crippen molar-refractivity contribution < 1.29 is 9.15 Å². The molecule has 0 aliphatic heterocycles. The van der Waals surface area contributed by atoms with Gasteiger partial charge in [0.05, 0.1) is 0 Å². The lowest BCUT2D eigenvalue weighted by Gasteiger charge is -2.10. The van der Waals surface area contributed by atoms with Crippen LogP contribution in [-0.4, -0.2) is 10.2 Å². The van der Waals surface area contributed by atoms with Crippen molar-refractivity contribution in [2.75, 3.05) is 5.32 Å². The molecule has 1 N–H and O–H groups in total. The Balaban J connectivity index is 1.66. The third kappa shape index (κ3) is 4.02. The molecule has 118 valence electrons. The minimum atomic E-state index is -0.364. The van der Waals surface area contributed by atoms with Crippen LogP contribution >= 0.6 is 11.6 Å². The van der Waals surface area contributed by atoms with E-state index in [1.807, 2.05) is 38.1 Å². The van der Waals surface area contributed by atoms with E-state index in [1.54, 1.807) is 24.3 Å². The van der Waals surface area contributed by atoms with Crippen LogP contribution in [0.2, 0.25) is 5.02 Å². The van der Waals surface area contributed by atoms with Crippen molar-refractivity contribution in [3.63, 3.8) is 0 Å². The number of nitrogens with zero attached hydrogens (tertiary/aromatic N) is 2. The maximum Gasteiger partial charge on any atom is 0.320 e. The Morgan fingerprint density at radius 2 is 1.74 bits per heavy atom. The van der Waals surface area contributed by atoms with Gasteiger partial charge < -0.3 is 14.5 Å². The minimum absolute atomic E-state index is 0.329. The first-order valence-corrected chi connectivity index (χ1v) is 7.57. The molecule has 0 aliphatic rings. The molecule has 3 aromatic rings. The molecule has 1 heterocycles. The molecule has 0 aliphatic carbocycles. The standard InChI is InChI=1S/C17H16ClN3O2/c1-11-3-7-14(8-4-11)19-17-21-20-16(23-17)12(2)22-15-9-5-13(18)6-10-15/h3-10,12H,1-2H3,(H,19,21). The fourth-order valence-electron chi connectivity index (χ4n) is 1.98. The number of rotatable bonds is 5. The Morgan fingerprint density at radius 1 is 1.04 bits per heavy atom. The maximum atomic E-state index is 5.85. The number of aryl methyl sites for hydroxylation is 1. The SMILES string of the molecule is Cc1ccc(Nc2nnc(C(C)Oc3ccc(Cl)cc3)o2)cc1. The van der Waals surface area contributed by atoms with Crippen molar-refractivity contribution in [3.05, 3.63) is 65.0 Å². The molecular weight excluding hydrogens is 314 g/mol. The lowest BCUT2D eigenvalue weighted by Crippen LogP contribution is -2.03. The first-order chi connectivity index (χ1) is 11.1. The highest BCUT2D eigenvalue weighted by molar-refractivity contribution is 6.30. The third-order valence-electron chi connectivity index (χ3n) is 3.22. The van der Waals surface area contributed by atoms with Crippen LogP contribution in [-0.2, 0) is 0 Å². The van der Waals surface area contributed by atoms with E-state index in [0.29, 0.717) is 22.7 Å². The van der Waals surface area contributed by atoms with E-state index in [0.717, 1.165) is 5.69 Å². The number of anilines is 2. The summed E-state index contributed by atoms with van der Waals surface area (Å²) in [5.41, 5.74) is 2.07. The second kappa shape index (κ2) is 6.71. The van der Waals surface area contributed by atoms with Crippen LogP contribution in [0, 0.1) is 6.92 Å². The molecule has 0 amide bonds. The number of nitrogens with one attached hydrogen (secondary N) is 1. The molecule has 3 rings (SSSR count). The molecule has 1 atom stereocenters. The van der Waals surface area contributed by atoms with Gasteiger partial charge in [-0.1, -0.05) is 34.4 Å². The number of aromatic nitrogens is 2. The molecule has 0 bridgehead atoms. The van der Waals surface area contributed by atoms with E-state index in [-0.39, 0.29) is 6.10 Å². The zero-order valence-corrected chi connectivity index (χ0v) is 13.5. The Bertz CT molecular complexity index is 769. The number of ether oxygens (including phenoxy) is 1. The second-order valence-electron chi connectivity index (χ2n) is 5.15. The first kappa shape index (κ1) is 15.4. The molecule has 0 saturated carbocycles. The zero-order chi connectivity index (χ0) is 16.2. The topological polar surface area (TPSA) is 60.2 Å². The quantitative estimate of drug-likeness (QED) is 0.720. The lowest BCUT2D eigenvalue weighted by molar-refractivity contribution is 0.190. The summed E-state index contributed by atoms with van der Waals surface area (Å²) in [5, 5.41) is 11.7. The van der Waals surface area contributed by atoms with Gasteiger partial charge in [0.15, 0.2) is 6.10 Å². The van der Waals surface area contributed by atoms with E-state index in [1.165, 1.54) is 5.56 Å². The van der Waals surface area contributed by atoms with Gasteiger partial charge in [0.25, 0.3) is 5.89 Å². The monoisotopic (exact) mass is 329 g/mol. The Labute approximate surface area is 139 Å². The molecule has 0 fully saturated rings. The van der Waals surface area contributed by atoms with E-state index >= 15 is 0 Å². The van der Waals surface area contributed by atoms with Gasteiger partial charge in [-0.2, -0.15) is 0 Å². The molecule has 5 nitrogen and oxygen atoms in total. The van der Waals surface area contributed by atoms with Crippen LogP contribution in [0.3, 0.4) is 0 Å². The Morgan fingerprint density at radius 3 is 2.43 bits per heavy atom. The molecule has 1 unspecified atom stereocenters. The third-order valence-corrected chi connectivity index (χ3v) is 3.47. The fourth-order valence-corrected chi connectivity index (χ4v) is 2.10. The molecule has 23 heavy (non-hydrogen) atoms. The lowest BCUT2D eigenvalue weighted by atomic mass is 10.2. The van der Waals surface area contributed by atoms with Gasteiger partial charge in [-0.3, -0.25) is 0 Å². The van der Waals surface area contributed by atoms with Crippen LogP contribution in [0.25, 0.3) is 0 Å². The molecule has 1 aromatic heterocycles. The van der Waals surface area contributed by atoms with Crippen LogP contribution in [0.4, 0.5) is 11.7 Å². The number of halogens is 1. The first-order valence-electron chi connectivity index (χ1n) is 7.19. The predicted octanol–water partition coefficient (Wildman–Crippen LogP) is 4.92. The number of benzene rings is 2. The molecule has 0 spiro atoms. The fraction of sp³-hybridized carbons (Fsp3) is 0.176. The predicted molar refractivity (Wildman–Crippen MR) is 89.3 cm³/mol. The van der Waals surface area contributed by atoms with Gasteiger partial charge in [0.1, 0.15) is 5.75 Å². The molecule has 0 radical (unpaired) electrons. The summed E-state index contributed by atoms with van der Waals surface area (Å²) in [5.74, 6) is 1.09. The normalized spacial score (nSPS) is 12.0. The van der Waals surface area contributed by atoms with E-state index < -0.39 is 0 Å². The minimum Gasteiger partial charge on any atom is -0.481 e. The van der Waals surface area contributed by atoms with Crippen molar-refractivity contribution >= 4 is 23.3 Å². The van der Waals surface area contributed by atoms with Crippen LogP contribution in [0.1, 0.15) is 24.5 Å². The summed E-state index contributed by atoms with van der Waals surface area (Å²) in [6, 6.07) is 15.4. The van der Waals surface area contributed by atoms with Crippen molar-refractivity contribution in [2.24, 2.45) is 0 Å². The van der Waals surface area contributed by atoms with Gasteiger partial charge in [-0.05, 0) is 50.2 Å². The average molecular weight is 330 g/mol. The van der Waals surface area contributed by atoms with Crippen molar-refractivity contribution in [1.82, 2.24) is 10.2 Å². The van der Waals surface area contributed by atoms with Crippen LogP contribution in [0.15, 0.2) is 52.9 Å². The number of hydrogen-bond acceptors (Lipinski definition) is 5. The summed E-state index contributed by atoms with van der Waals surface area (Å²) >= 11 is 5.85. The summed E-state index contributed by atoms with van der Waals surface area (Å²) in [6.07, 6.45) is -0.364. The number of hydrogen-bond donors (Lipinski definition) is 1. The summed E-state index contributed by atoms with van der Waals surface area (Å²) in [6.45, 7) is 3.88. The van der Waals surface area contributed by atoms with Crippen LogP contribution in [0.5, 0.6) is 5.75 Å². The van der Waals surface area contributed by atoms with Gasteiger partial charge in [-0.25, -0.2) is 0 Å². The zero-order valence-electron chi connectivity index (χ0n) is 12.8. The Kier molecular flexibility index (Phi) is 4.48. The van der Waals surface area contributed by atoms with Crippen molar-refractivity contribution in [1.29, 1.82) is 0 Å². The van der Waals surface area contributed by atoms with Gasteiger partial charge >= 0.3 is 6.01 Å². The van der Waals surface area contributed by atoms with Gasteiger partial charge in [-0.15, -0.1) is 5.10 Å². The van der Waals surface area contributed by atoms with Crippen molar-refractivity contribution in [3.8, 4) is 5.75 Å². The molecule has 6 heteroatoms. The Hall–Kier alpha value is -2.53. The highest BCUT2D eigenvalue weighted by Crippen LogP contribution is 2.24. The van der Waals surface area contributed by atoms with Crippen LogP contribution < -0.4 is 10.1 Å². The average Bonchev–Trinajstić information content (AvgIpc) is 3.00. The van der Waals surface area contributed by atoms with Gasteiger partial charge in [0.2, 0.25) is 0 Å². The summed E-state index contributed by atoms with van der Waals surface area (Å²) < 4.78 is 11.3. The highest BCUT2D eigenvalue weighted by Gasteiger charge is 2.15. The van der Waals surface area contributed by atoms with E-state index in [2.05, 4.69) is 15.5 Å². The molecule has 2 aromatic carbocycles. The smallest absolute Gasteiger partial charge is 0.320 e. The van der Waals surface area contributed by atoms with Gasteiger partial charge in [0, 0.05) is 10.7 Å². The largest absolute Gasteiger partial charge is 0.481 e. The van der Waals surface area contributed by atoms with Crippen molar-refractivity contribution in [2.45, 2.75) is 20.0 Å².